The Morgan fingerprint density at radius 1 is 1.12 bits per heavy atom. The number of aromatic nitrogens is 1. The van der Waals surface area contributed by atoms with Crippen molar-refractivity contribution < 1.29 is 4.74 Å². The number of rotatable bonds is 7. The molecule has 1 aromatic heterocycles. The number of ether oxygens (including phenoxy) is 1. The van der Waals surface area contributed by atoms with Crippen molar-refractivity contribution in [1.29, 1.82) is 0 Å². The number of aryl methyl sites for hydroxylation is 1. The average molecular weight is 454 g/mol. The van der Waals surface area contributed by atoms with Gasteiger partial charge in [-0.1, -0.05) is 37.3 Å². The molecule has 0 saturated carbocycles. The van der Waals surface area contributed by atoms with E-state index in [-0.39, 0.29) is 24.0 Å². The normalized spacial score (nSPS) is 10.8. The summed E-state index contributed by atoms with van der Waals surface area (Å²) < 4.78 is 5.49. The maximum absolute atomic E-state index is 5.49. The molecule has 0 amide bonds. The van der Waals surface area contributed by atoms with E-state index in [9.17, 15) is 0 Å². The van der Waals surface area contributed by atoms with Gasteiger partial charge in [-0.25, -0.2) is 4.98 Å². The molecule has 6 heteroatoms. The van der Waals surface area contributed by atoms with Crippen LogP contribution in [0.3, 0.4) is 0 Å². The average Bonchev–Trinajstić information content (AvgIpc) is 2.62. The van der Waals surface area contributed by atoms with E-state index in [1.807, 2.05) is 30.5 Å². The third kappa shape index (κ3) is 7.29. The largest absolute Gasteiger partial charge is 0.478 e. The molecule has 1 aromatic carbocycles. The Balaban J connectivity index is 0.00000312. The van der Waals surface area contributed by atoms with Crippen molar-refractivity contribution >= 4 is 29.9 Å². The lowest BCUT2D eigenvalue weighted by Crippen LogP contribution is -2.36. The highest BCUT2D eigenvalue weighted by Crippen LogP contribution is 2.08. The van der Waals surface area contributed by atoms with Gasteiger partial charge in [0.15, 0.2) is 5.96 Å². The first-order valence-electron chi connectivity index (χ1n) is 8.29. The first-order chi connectivity index (χ1) is 11.7. The van der Waals surface area contributed by atoms with Crippen molar-refractivity contribution in [3.05, 3.63) is 59.3 Å². The molecule has 0 radical (unpaired) electrons. The molecule has 0 spiro atoms. The minimum Gasteiger partial charge on any atom is -0.478 e. The fourth-order valence-electron chi connectivity index (χ4n) is 2.20. The number of halogens is 1. The van der Waals surface area contributed by atoms with Crippen LogP contribution >= 0.6 is 24.0 Å². The second-order valence-electron chi connectivity index (χ2n) is 5.56. The van der Waals surface area contributed by atoms with Gasteiger partial charge in [0, 0.05) is 32.4 Å². The summed E-state index contributed by atoms with van der Waals surface area (Å²) in [6.07, 6.45) is 2.81. The summed E-state index contributed by atoms with van der Waals surface area (Å²) in [6, 6.07) is 12.2. The third-order valence-corrected chi connectivity index (χ3v) is 3.64. The Bertz CT molecular complexity index is 659. The SMILES string of the molecule is CCCOc1ccc(CNC(=NC)NCc2ccccc2C)cn1.I. The molecule has 1 heterocycles. The van der Waals surface area contributed by atoms with Gasteiger partial charge in [0.2, 0.25) is 5.88 Å². The summed E-state index contributed by atoms with van der Waals surface area (Å²) in [5.41, 5.74) is 3.62. The van der Waals surface area contributed by atoms with Gasteiger partial charge in [-0.05, 0) is 30.0 Å². The highest BCUT2D eigenvalue weighted by molar-refractivity contribution is 14.0. The van der Waals surface area contributed by atoms with E-state index in [0.717, 1.165) is 24.5 Å². The summed E-state index contributed by atoms with van der Waals surface area (Å²) >= 11 is 0. The van der Waals surface area contributed by atoms with E-state index in [4.69, 9.17) is 4.74 Å². The van der Waals surface area contributed by atoms with Crippen molar-refractivity contribution in [2.45, 2.75) is 33.4 Å². The minimum atomic E-state index is 0. The highest BCUT2D eigenvalue weighted by Gasteiger charge is 2.02. The molecule has 0 bridgehead atoms. The van der Waals surface area contributed by atoms with Crippen LogP contribution < -0.4 is 15.4 Å². The summed E-state index contributed by atoms with van der Waals surface area (Å²) in [5, 5.41) is 6.63. The van der Waals surface area contributed by atoms with E-state index in [1.54, 1.807) is 7.05 Å². The van der Waals surface area contributed by atoms with Gasteiger partial charge in [0.1, 0.15) is 0 Å². The van der Waals surface area contributed by atoms with Gasteiger partial charge in [-0.3, -0.25) is 4.99 Å². The number of hydrogen-bond acceptors (Lipinski definition) is 3. The van der Waals surface area contributed by atoms with Crippen LogP contribution in [0.15, 0.2) is 47.6 Å². The fourth-order valence-corrected chi connectivity index (χ4v) is 2.20. The van der Waals surface area contributed by atoms with Crippen LogP contribution in [0.2, 0.25) is 0 Å². The van der Waals surface area contributed by atoms with Gasteiger partial charge >= 0.3 is 0 Å². The van der Waals surface area contributed by atoms with E-state index in [2.05, 4.69) is 46.6 Å². The van der Waals surface area contributed by atoms with Crippen LogP contribution in [0, 0.1) is 6.92 Å². The molecule has 2 N–H and O–H groups in total. The Morgan fingerprint density at radius 3 is 2.52 bits per heavy atom. The summed E-state index contributed by atoms with van der Waals surface area (Å²) in [7, 11) is 1.77. The molecular formula is C19H27IN4O. The zero-order chi connectivity index (χ0) is 17.2. The predicted molar refractivity (Wildman–Crippen MR) is 114 cm³/mol. The minimum absolute atomic E-state index is 0. The lowest BCUT2D eigenvalue weighted by Gasteiger charge is -2.13. The Hall–Kier alpha value is -1.83. The van der Waals surface area contributed by atoms with E-state index < -0.39 is 0 Å². The zero-order valence-corrected chi connectivity index (χ0v) is 17.4. The molecule has 0 unspecified atom stereocenters. The number of benzene rings is 1. The lowest BCUT2D eigenvalue weighted by atomic mass is 10.1. The topological polar surface area (TPSA) is 58.5 Å². The van der Waals surface area contributed by atoms with E-state index >= 15 is 0 Å². The number of nitrogens with one attached hydrogen (secondary N) is 2. The number of hydrogen-bond donors (Lipinski definition) is 2. The molecule has 0 aliphatic heterocycles. The maximum Gasteiger partial charge on any atom is 0.213 e. The predicted octanol–water partition coefficient (Wildman–Crippen LogP) is 3.66. The van der Waals surface area contributed by atoms with Crippen molar-refractivity contribution in [3.63, 3.8) is 0 Å². The Labute approximate surface area is 167 Å². The van der Waals surface area contributed by atoms with Crippen LogP contribution in [0.25, 0.3) is 0 Å². The molecule has 0 saturated heterocycles. The molecular weight excluding hydrogens is 427 g/mol. The number of pyridine rings is 1. The lowest BCUT2D eigenvalue weighted by molar-refractivity contribution is 0.305. The van der Waals surface area contributed by atoms with E-state index in [0.29, 0.717) is 19.0 Å². The van der Waals surface area contributed by atoms with Crippen LogP contribution in [0.1, 0.15) is 30.0 Å². The number of aliphatic imine (C=N–C) groups is 1. The van der Waals surface area contributed by atoms with Crippen LogP contribution in [-0.2, 0) is 13.1 Å². The summed E-state index contributed by atoms with van der Waals surface area (Å²) in [6.45, 7) is 6.29. The van der Waals surface area contributed by atoms with E-state index in [1.165, 1.54) is 11.1 Å². The molecule has 136 valence electrons. The molecule has 0 atom stereocenters. The van der Waals surface area contributed by atoms with Gasteiger partial charge in [0.05, 0.1) is 6.61 Å². The number of guanidine groups is 1. The third-order valence-electron chi connectivity index (χ3n) is 3.64. The smallest absolute Gasteiger partial charge is 0.213 e. The first kappa shape index (κ1) is 21.2. The van der Waals surface area contributed by atoms with Crippen molar-refractivity contribution in [2.24, 2.45) is 4.99 Å². The van der Waals surface area contributed by atoms with Crippen LogP contribution in [0.5, 0.6) is 5.88 Å². The van der Waals surface area contributed by atoms with Crippen molar-refractivity contribution in [2.75, 3.05) is 13.7 Å². The molecule has 0 aliphatic rings. The fraction of sp³-hybridized carbons (Fsp3) is 0.368. The first-order valence-corrected chi connectivity index (χ1v) is 8.29. The van der Waals surface area contributed by atoms with Crippen molar-refractivity contribution in [3.8, 4) is 5.88 Å². The quantitative estimate of drug-likeness (QED) is 0.381. The van der Waals surface area contributed by atoms with Crippen molar-refractivity contribution in [1.82, 2.24) is 15.6 Å². The molecule has 2 aromatic rings. The Morgan fingerprint density at radius 2 is 1.88 bits per heavy atom. The molecule has 5 nitrogen and oxygen atoms in total. The molecule has 0 aliphatic carbocycles. The zero-order valence-electron chi connectivity index (χ0n) is 15.1. The summed E-state index contributed by atoms with van der Waals surface area (Å²) in [5.74, 6) is 1.44. The standard InChI is InChI=1S/C19H26N4O.HI/c1-4-11-24-18-10-9-16(12-21-18)13-22-19(20-3)23-14-17-8-6-5-7-15(17)2;/h5-10,12H,4,11,13-14H2,1-3H3,(H2,20,22,23);1H. The monoisotopic (exact) mass is 454 g/mol. The molecule has 25 heavy (non-hydrogen) atoms. The number of nitrogens with zero attached hydrogens (tertiary/aromatic N) is 2. The van der Waals surface area contributed by atoms with Crippen LogP contribution in [0.4, 0.5) is 0 Å². The molecule has 0 fully saturated rings. The molecule has 2 rings (SSSR count). The second-order valence-corrected chi connectivity index (χ2v) is 5.56. The van der Waals surface area contributed by atoms with Gasteiger partial charge in [-0.15, -0.1) is 24.0 Å². The Kier molecular flexibility index (Phi) is 9.91. The van der Waals surface area contributed by atoms with Gasteiger partial charge in [-0.2, -0.15) is 0 Å². The second kappa shape index (κ2) is 11.7. The maximum atomic E-state index is 5.49. The van der Waals surface area contributed by atoms with Crippen LogP contribution in [-0.4, -0.2) is 24.6 Å². The van der Waals surface area contributed by atoms with Gasteiger partial charge < -0.3 is 15.4 Å². The van der Waals surface area contributed by atoms with Gasteiger partial charge in [0.25, 0.3) is 0 Å². The summed E-state index contributed by atoms with van der Waals surface area (Å²) in [4.78, 5) is 8.56. The highest BCUT2D eigenvalue weighted by atomic mass is 127.